The van der Waals surface area contributed by atoms with E-state index in [1.54, 1.807) is 12.3 Å². The van der Waals surface area contributed by atoms with Crippen molar-refractivity contribution in [3.63, 3.8) is 0 Å². The SMILES string of the molecule is CCOC(=O)c1cccnc1N1CCN(CCC(C)N2c3ccccc3CCc3ccccc32)CC1. The second kappa shape index (κ2) is 11.1. The number of aryl methyl sites for hydroxylation is 2. The number of hydrogen-bond donors (Lipinski definition) is 0. The summed E-state index contributed by atoms with van der Waals surface area (Å²) >= 11 is 0. The predicted octanol–water partition coefficient (Wildman–Crippen LogP) is 5.10. The molecule has 1 unspecified atom stereocenters. The molecule has 0 saturated carbocycles. The summed E-state index contributed by atoms with van der Waals surface area (Å²) in [5.41, 5.74) is 6.12. The van der Waals surface area contributed by atoms with Crippen molar-refractivity contribution in [2.24, 2.45) is 0 Å². The number of esters is 1. The molecule has 0 radical (unpaired) electrons. The number of aromatic nitrogens is 1. The Morgan fingerprint density at radius 3 is 2.19 bits per heavy atom. The molecule has 6 heteroatoms. The van der Waals surface area contributed by atoms with Gasteiger partial charge in [0.05, 0.1) is 6.61 Å². The fourth-order valence-electron chi connectivity index (χ4n) is 5.49. The highest BCUT2D eigenvalue weighted by Crippen LogP contribution is 2.38. The van der Waals surface area contributed by atoms with Gasteiger partial charge in [-0.05, 0) is 68.5 Å². The maximum absolute atomic E-state index is 12.4. The van der Waals surface area contributed by atoms with Crippen LogP contribution in [0.1, 0.15) is 41.8 Å². The van der Waals surface area contributed by atoms with E-state index in [-0.39, 0.29) is 5.97 Å². The van der Waals surface area contributed by atoms with Gasteiger partial charge < -0.3 is 14.5 Å². The van der Waals surface area contributed by atoms with Crippen LogP contribution in [0.15, 0.2) is 66.9 Å². The van der Waals surface area contributed by atoms with Gasteiger partial charge in [-0.25, -0.2) is 9.78 Å². The predicted molar refractivity (Wildman–Crippen MR) is 145 cm³/mol. The maximum Gasteiger partial charge on any atom is 0.341 e. The number of carbonyl (C=O) groups is 1. The lowest BCUT2D eigenvalue weighted by atomic mass is 10.0. The van der Waals surface area contributed by atoms with Crippen molar-refractivity contribution >= 4 is 23.2 Å². The van der Waals surface area contributed by atoms with Crippen molar-refractivity contribution in [3.05, 3.63) is 83.6 Å². The molecule has 2 aromatic carbocycles. The summed E-state index contributed by atoms with van der Waals surface area (Å²) in [7, 11) is 0. The van der Waals surface area contributed by atoms with Gasteiger partial charge in [-0.2, -0.15) is 0 Å². The van der Waals surface area contributed by atoms with E-state index in [1.165, 1.54) is 22.5 Å². The molecule has 2 aliphatic heterocycles. The van der Waals surface area contributed by atoms with Crippen LogP contribution in [0.3, 0.4) is 0 Å². The van der Waals surface area contributed by atoms with Crippen LogP contribution < -0.4 is 9.80 Å². The zero-order valence-electron chi connectivity index (χ0n) is 21.4. The summed E-state index contributed by atoms with van der Waals surface area (Å²) in [5, 5.41) is 0. The number of anilines is 3. The number of fused-ring (bicyclic) bond motifs is 2. The molecule has 0 aliphatic carbocycles. The van der Waals surface area contributed by atoms with Crippen LogP contribution in [-0.2, 0) is 17.6 Å². The Bertz CT molecular complexity index is 1140. The lowest BCUT2D eigenvalue weighted by Gasteiger charge is -2.38. The number of piperazine rings is 1. The first-order valence-corrected chi connectivity index (χ1v) is 13.2. The first-order valence-electron chi connectivity index (χ1n) is 13.2. The molecule has 1 fully saturated rings. The summed E-state index contributed by atoms with van der Waals surface area (Å²) in [4.78, 5) is 24.2. The molecule has 36 heavy (non-hydrogen) atoms. The van der Waals surface area contributed by atoms with Crippen molar-refractivity contribution in [1.29, 1.82) is 0 Å². The van der Waals surface area contributed by atoms with Crippen LogP contribution in [0, 0.1) is 0 Å². The maximum atomic E-state index is 12.4. The highest BCUT2D eigenvalue weighted by molar-refractivity contribution is 5.94. The van der Waals surface area contributed by atoms with Crippen LogP contribution in [-0.4, -0.2) is 61.2 Å². The zero-order valence-corrected chi connectivity index (χ0v) is 21.4. The van der Waals surface area contributed by atoms with Gasteiger partial charge in [0.15, 0.2) is 0 Å². The number of carbonyl (C=O) groups excluding carboxylic acids is 1. The molecule has 188 valence electrons. The highest BCUT2D eigenvalue weighted by Gasteiger charge is 2.26. The number of pyridine rings is 1. The van der Waals surface area contributed by atoms with Crippen LogP contribution >= 0.6 is 0 Å². The molecule has 3 heterocycles. The highest BCUT2D eigenvalue weighted by atomic mass is 16.5. The van der Waals surface area contributed by atoms with Crippen molar-refractivity contribution in [2.75, 3.05) is 49.1 Å². The van der Waals surface area contributed by atoms with E-state index in [4.69, 9.17) is 4.74 Å². The number of hydrogen-bond acceptors (Lipinski definition) is 6. The van der Waals surface area contributed by atoms with Crippen LogP contribution in [0.2, 0.25) is 0 Å². The quantitative estimate of drug-likeness (QED) is 0.435. The Labute approximate surface area is 214 Å². The number of para-hydroxylation sites is 2. The van der Waals surface area contributed by atoms with Gasteiger partial charge in [-0.15, -0.1) is 0 Å². The van der Waals surface area contributed by atoms with E-state index in [0.717, 1.165) is 57.8 Å². The van der Waals surface area contributed by atoms with Crippen LogP contribution in [0.25, 0.3) is 0 Å². The summed E-state index contributed by atoms with van der Waals surface area (Å²) in [6, 6.07) is 21.7. The molecule has 0 N–H and O–H groups in total. The lowest BCUT2D eigenvalue weighted by molar-refractivity contribution is 0.0526. The Kier molecular flexibility index (Phi) is 7.52. The topological polar surface area (TPSA) is 48.9 Å². The van der Waals surface area contributed by atoms with Crippen molar-refractivity contribution < 1.29 is 9.53 Å². The van der Waals surface area contributed by atoms with E-state index < -0.39 is 0 Å². The second-order valence-corrected chi connectivity index (χ2v) is 9.69. The molecule has 1 atom stereocenters. The normalized spacial score (nSPS) is 16.6. The first-order chi connectivity index (χ1) is 17.7. The van der Waals surface area contributed by atoms with E-state index in [2.05, 4.69) is 75.1 Å². The molecule has 0 spiro atoms. The average molecular weight is 485 g/mol. The average Bonchev–Trinajstić information content (AvgIpc) is 3.09. The van der Waals surface area contributed by atoms with Crippen molar-refractivity contribution in [3.8, 4) is 0 Å². The molecule has 1 aromatic heterocycles. The van der Waals surface area contributed by atoms with Crippen molar-refractivity contribution in [1.82, 2.24) is 9.88 Å². The fraction of sp³-hybridized carbons (Fsp3) is 0.400. The van der Waals surface area contributed by atoms with Gasteiger partial charge in [0, 0.05) is 56.3 Å². The molecule has 0 amide bonds. The minimum Gasteiger partial charge on any atom is -0.462 e. The van der Waals surface area contributed by atoms with Crippen LogP contribution in [0.5, 0.6) is 0 Å². The van der Waals surface area contributed by atoms with E-state index in [1.807, 2.05) is 13.0 Å². The van der Waals surface area contributed by atoms with Gasteiger partial charge in [-0.3, -0.25) is 4.90 Å². The van der Waals surface area contributed by atoms with E-state index >= 15 is 0 Å². The summed E-state index contributed by atoms with van der Waals surface area (Å²) in [6.45, 7) is 9.22. The Hall–Kier alpha value is -3.38. The molecule has 3 aromatic rings. The van der Waals surface area contributed by atoms with Gasteiger partial charge in [0.25, 0.3) is 0 Å². The largest absolute Gasteiger partial charge is 0.462 e. The Morgan fingerprint density at radius 1 is 0.917 bits per heavy atom. The summed E-state index contributed by atoms with van der Waals surface area (Å²) in [5.74, 6) is 0.441. The smallest absolute Gasteiger partial charge is 0.341 e. The molecule has 1 saturated heterocycles. The Morgan fingerprint density at radius 2 is 1.56 bits per heavy atom. The summed E-state index contributed by atoms with van der Waals surface area (Å²) in [6.07, 6.45) is 5.00. The first kappa shape index (κ1) is 24.3. The Balaban J connectivity index is 1.24. The van der Waals surface area contributed by atoms with Gasteiger partial charge in [0.1, 0.15) is 11.4 Å². The standard InChI is InChI=1S/C30H36N4O2/c1-3-36-30(35)26-11-8-17-31-29(26)33-21-19-32(20-22-33)18-16-23(2)34-27-12-6-4-9-24(27)14-15-25-10-5-7-13-28(25)34/h4-13,17,23H,3,14-16,18-22H2,1-2H3. The summed E-state index contributed by atoms with van der Waals surface area (Å²) < 4.78 is 5.24. The minimum atomic E-state index is -0.296. The van der Waals surface area contributed by atoms with E-state index in [0.29, 0.717) is 18.2 Å². The van der Waals surface area contributed by atoms with Gasteiger partial charge >= 0.3 is 5.97 Å². The zero-order chi connectivity index (χ0) is 24.9. The third kappa shape index (κ3) is 5.09. The monoisotopic (exact) mass is 484 g/mol. The number of nitrogens with zero attached hydrogens (tertiary/aromatic N) is 4. The molecule has 6 nitrogen and oxygen atoms in total. The van der Waals surface area contributed by atoms with Crippen LogP contribution in [0.4, 0.5) is 17.2 Å². The van der Waals surface area contributed by atoms with E-state index in [9.17, 15) is 4.79 Å². The molecule has 0 bridgehead atoms. The molecular formula is C30H36N4O2. The number of benzene rings is 2. The third-order valence-corrected chi connectivity index (χ3v) is 7.42. The molecule has 5 rings (SSSR count). The van der Waals surface area contributed by atoms with Crippen molar-refractivity contribution in [2.45, 2.75) is 39.2 Å². The minimum absolute atomic E-state index is 0.296. The fourth-order valence-corrected chi connectivity index (χ4v) is 5.49. The molecular weight excluding hydrogens is 448 g/mol. The van der Waals surface area contributed by atoms with Gasteiger partial charge in [0.2, 0.25) is 0 Å². The third-order valence-electron chi connectivity index (χ3n) is 7.42. The molecule has 2 aliphatic rings. The second-order valence-electron chi connectivity index (χ2n) is 9.69. The number of rotatable bonds is 7. The lowest BCUT2D eigenvalue weighted by Crippen LogP contribution is -2.48. The van der Waals surface area contributed by atoms with Gasteiger partial charge in [-0.1, -0.05) is 36.4 Å². The number of ether oxygens (including phenoxy) is 1.